The lowest BCUT2D eigenvalue weighted by Crippen LogP contribution is -2.45. The Morgan fingerprint density at radius 3 is 2.41 bits per heavy atom. The number of hydrogen-bond donors (Lipinski definition) is 1. The molecule has 1 saturated heterocycles. The second-order valence-electron chi connectivity index (χ2n) is 5.17. The third kappa shape index (κ3) is 2.60. The van der Waals surface area contributed by atoms with Gasteiger partial charge in [0.05, 0.1) is 12.1 Å². The zero-order chi connectivity index (χ0) is 12.6. The fourth-order valence-corrected chi connectivity index (χ4v) is 2.62. The Labute approximate surface area is 102 Å². The van der Waals surface area contributed by atoms with E-state index in [9.17, 15) is 9.59 Å². The summed E-state index contributed by atoms with van der Waals surface area (Å²) in [4.78, 5) is 27.1. The zero-order valence-corrected chi connectivity index (χ0v) is 10.6. The van der Waals surface area contributed by atoms with E-state index < -0.39 is 6.04 Å². The minimum atomic E-state index is -0.444. The van der Waals surface area contributed by atoms with Gasteiger partial charge in [-0.2, -0.15) is 0 Å². The number of amides is 2. The van der Waals surface area contributed by atoms with Gasteiger partial charge in [0, 0.05) is 26.1 Å². The lowest BCUT2D eigenvalue weighted by Gasteiger charge is -2.28. The van der Waals surface area contributed by atoms with Crippen LogP contribution in [0.1, 0.15) is 33.1 Å². The Hall–Kier alpha value is -1.10. The molecule has 0 spiro atoms. The van der Waals surface area contributed by atoms with E-state index >= 15 is 0 Å². The van der Waals surface area contributed by atoms with Crippen molar-refractivity contribution in [3.63, 3.8) is 0 Å². The molecular weight excluding hydrogens is 218 g/mol. The van der Waals surface area contributed by atoms with Crippen molar-refractivity contribution in [3.8, 4) is 0 Å². The van der Waals surface area contributed by atoms with Crippen LogP contribution in [-0.2, 0) is 9.59 Å². The van der Waals surface area contributed by atoms with Crippen molar-refractivity contribution < 1.29 is 9.59 Å². The van der Waals surface area contributed by atoms with Gasteiger partial charge in [0.15, 0.2) is 0 Å². The third-order valence-electron chi connectivity index (χ3n) is 3.56. The summed E-state index contributed by atoms with van der Waals surface area (Å²) in [6.45, 7) is 4.70. The first-order valence-electron chi connectivity index (χ1n) is 6.34. The highest BCUT2D eigenvalue weighted by Gasteiger charge is 2.39. The van der Waals surface area contributed by atoms with Crippen LogP contribution in [0.5, 0.6) is 0 Å². The van der Waals surface area contributed by atoms with E-state index in [0.717, 1.165) is 25.8 Å². The van der Waals surface area contributed by atoms with Crippen molar-refractivity contribution in [3.05, 3.63) is 0 Å². The van der Waals surface area contributed by atoms with Crippen LogP contribution in [0, 0.1) is 0 Å². The minimum Gasteiger partial charge on any atom is -0.339 e. The molecule has 2 N–H and O–H groups in total. The van der Waals surface area contributed by atoms with Gasteiger partial charge in [-0.1, -0.05) is 0 Å². The summed E-state index contributed by atoms with van der Waals surface area (Å²) in [6, 6.07) is 0.172. The standard InChI is InChI=1S/C12H21N3O2/c1-8(13)12(17)14-6-5-11(7-14)15(9(2)16)10-3-4-10/h8,10-11H,3-7,13H2,1-2H3/t8-,11?/m0/s1. The average Bonchev–Trinajstić information content (AvgIpc) is 2.94. The molecule has 5 nitrogen and oxygen atoms in total. The van der Waals surface area contributed by atoms with E-state index in [1.807, 2.05) is 4.90 Å². The summed E-state index contributed by atoms with van der Waals surface area (Å²) in [5.41, 5.74) is 5.60. The Bertz CT molecular complexity index is 326. The van der Waals surface area contributed by atoms with E-state index in [1.165, 1.54) is 0 Å². The molecule has 1 unspecified atom stereocenters. The highest BCUT2D eigenvalue weighted by Crippen LogP contribution is 2.31. The molecule has 17 heavy (non-hydrogen) atoms. The van der Waals surface area contributed by atoms with E-state index in [1.54, 1.807) is 18.7 Å². The molecule has 0 aromatic heterocycles. The monoisotopic (exact) mass is 239 g/mol. The molecule has 0 radical (unpaired) electrons. The van der Waals surface area contributed by atoms with Crippen molar-refractivity contribution in [2.75, 3.05) is 13.1 Å². The van der Waals surface area contributed by atoms with E-state index in [4.69, 9.17) is 5.73 Å². The highest BCUT2D eigenvalue weighted by atomic mass is 16.2. The fourth-order valence-electron chi connectivity index (χ4n) is 2.62. The molecule has 2 rings (SSSR count). The SMILES string of the molecule is CC(=O)N(C1CC1)C1CCN(C(=O)[C@H](C)N)C1. The average molecular weight is 239 g/mol. The normalized spacial score (nSPS) is 25.8. The first-order chi connectivity index (χ1) is 8.00. The van der Waals surface area contributed by atoms with Gasteiger partial charge in [-0.3, -0.25) is 9.59 Å². The van der Waals surface area contributed by atoms with Crippen LogP contribution in [0.15, 0.2) is 0 Å². The molecule has 5 heteroatoms. The Kier molecular flexibility index (Phi) is 3.38. The largest absolute Gasteiger partial charge is 0.339 e. The summed E-state index contributed by atoms with van der Waals surface area (Å²) in [7, 11) is 0. The van der Waals surface area contributed by atoms with Crippen LogP contribution in [0.4, 0.5) is 0 Å². The summed E-state index contributed by atoms with van der Waals surface area (Å²) in [6.07, 6.45) is 3.10. The molecule has 1 saturated carbocycles. The summed E-state index contributed by atoms with van der Waals surface area (Å²) in [5, 5.41) is 0. The van der Waals surface area contributed by atoms with Crippen LogP contribution < -0.4 is 5.73 Å². The maximum absolute atomic E-state index is 11.8. The maximum atomic E-state index is 11.8. The molecule has 1 aliphatic carbocycles. The van der Waals surface area contributed by atoms with E-state index in [0.29, 0.717) is 12.6 Å². The number of carbonyl (C=O) groups excluding carboxylic acids is 2. The minimum absolute atomic E-state index is 0.00759. The molecule has 0 bridgehead atoms. The molecule has 96 valence electrons. The van der Waals surface area contributed by atoms with Gasteiger partial charge in [0.2, 0.25) is 11.8 Å². The van der Waals surface area contributed by atoms with Gasteiger partial charge < -0.3 is 15.5 Å². The van der Waals surface area contributed by atoms with Gasteiger partial charge in [-0.25, -0.2) is 0 Å². The number of hydrogen-bond acceptors (Lipinski definition) is 3. The lowest BCUT2D eigenvalue weighted by atomic mass is 10.2. The summed E-state index contributed by atoms with van der Waals surface area (Å²) >= 11 is 0. The van der Waals surface area contributed by atoms with Crippen molar-refractivity contribution in [1.29, 1.82) is 0 Å². The van der Waals surface area contributed by atoms with Crippen molar-refractivity contribution in [1.82, 2.24) is 9.80 Å². The Morgan fingerprint density at radius 1 is 1.29 bits per heavy atom. The predicted octanol–water partition coefficient (Wildman–Crippen LogP) is -0.0546. The highest BCUT2D eigenvalue weighted by molar-refractivity contribution is 5.81. The Balaban J connectivity index is 1.96. The smallest absolute Gasteiger partial charge is 0.239 e. The molecule has 1 aliphatic heterocycles. The maximum Gasteiger partial charge on any atom is 0.239 e. The molecule has 2 fully saturated rings. The first-order valence-corrected chi connectivity index (χ1v) is 6.34. The number of nitrogens with two attached hydrogens (primary N) is 1. The topological polar surface area (TPSA) is 66.6 Å². The predicted molar refractivity (Wildman–Crippen MR) is 64.2 cm³/mol. The van der Waals surface area contributed by atoms with E-state index in [-0.39, 0.29) is 17.9 Å². The molecule has 2 atom stereocenters. The van der Waals surface area contributed by atoms with Gasteiger partial charge in [-0.05, 0) is 26.2 Å². The van der Waals surface area contributed by atoms with Crippen molar-refractivity contribution in [2.24, 2.45) is 5.73 Å². The van der Waals surface area contributed by atoms with Crippen LogP contribution >= 0.6 is 0 Å². The number of nitrogens with zero attached hydrogens (tertiary/aromatic N) is 2. The van der Waals surface area contributed by atoms with Crippen LogP contribution in [0.3, 0.4) is 0 Å². The number of rotatable bonds is 3. The molecule has 2 amide bonds. The Morgan fingerprint density at radius 2 is 1.94 bits per heavy atom. The van der Waals surface area contributed by atoms with Crippen molar-refractivity contribution >= 4 is 11.8 Å². The summed E-state index contributed by atoms with van der Waals surface area (Å²) < 4.78 is 0. The molecule has 0 aromatic carbocycles. The van der Waals surface area contributed by atoms with Crippen LogP contribution in [-0.4, -0.2) is 52.8 Å². The van der Waals surface area contributed by atoms with Gasteiger partial charge in [0.25, 0.3) is 0 Å². The second kappa shape index (κ2) is 4.64. The molecule has 0 aromatic rings. The third-order valence-corrected chi connectivity index (χ3v) is 3.56. The van der Waals surface area contributed by atoms with E-state index in [2.05, 4.69) is 0 Å². The fraction of sp³-hybridized carbons (Fsp3) is 0.833. The second-order valence-corrected chi connectivity index (χ2v) is 5.17. The van der Waals surface area contributed by atoms with Gasteiger partial charge >= 0.3 is 0 Å². The zero-order valence-electron chi connectivity index (χ0n) is 10.6. The van der Waals surface area contributed by atoms with Crippen LogP contribution in [0.25, 0.3) is 0 Å². The number of likely N-dealkylation sites (tertiary alicyclic amines) is 1. The van der Waals surface area contributed by atoms with Gasteiger partial charge in [-0.15, -0.1) is 0 Å². The molecular formula is C12H21N3O2. The summed E-state index contributed by atoms with van der Waals surface area (Å²) in [5.74, 6) is 0.124. The van der Waals surface area contributed by atoms with Crippen molar-refractivity contribution in [2.45, 2.75) is 51.2 Å². The molecule has 1 heterocycles. The quantitative estimate of drug-likeness (QED) is 0.750. The van der Waals surface area contributed by atoms with Gasteiger partial charge in [0.1, 0.15) is 0 Å². The number of carbonyl (C=O) groups is 2. The first kappa shape index (κ1) is 12.4. The molecule has 2 aliphatic rings. The van der Waals surface area contributed by atoms with Crippen LogP contribution in [0.2, 0.25) is 0 Å². The lowest BCUT2D eigenvalue weighted by molar-refractivity contribution is -0.134.